The molecule has 1 amide bonds. The number of aryl methyl sites for hydroxylation is 1. The Morgan fingerprint density at radius 1 is 1.13 bits per heavy atom. The summed E-state index contributed by atoms with van der Waals surface area (Å²) in [6, 6.07) is 12.7. The topological polar surface area (TPSA) is 69.5 Å². The summed E-state index contributed by atoms with van der Waals surface area (Å²) in [5.74, 6) is 0.0526. The van der Waals surface area contributed by atoms with Crippen LogP contribution in [-0.4, -0.2) is 53.9 Å². The van der Waals surface area contributed by atoms with E-state index in [9.17, 15) is 9.18 Å². The molecule has 4 rings (SSSR count). The van der Waals surface area contributed by atoms with E-state index in [1.165, 1.54) is 12.1 Å². The van der Waals surface area contributed by atoms with Crippen molar-refractivity contribution in [3.8, 4) is 16.9 Å². The number of pyridine rings is 1. The molecule has 0 atom stereocenters. The Bertz CT molecular complexity index is 1460. The van der Waals surface area contributed by atoms with Gasteiger partial charge in [0.15, 0.2) is 0 Å². The fraction of sp³-hybridized carbons (Fsp3) is 0.367. The number of hydrogen-bond donors (Lipinski definition) is 0. The summed E-state index contributed by atoms with van der Waals surface area (Å²) in [6.07, 6.45) is 3.62. The van der Waals surface area contributed by atoms with Gasteiger partial charge in [0, 0.05) is 62.2 Å². The minimum Gasteiger partial charge on any atom is -0.493 e. The molecule has 0 radical (unpaired) electrons. The van der Waals surface area contributed by atoms with Crippen molar-refractivity contribution < 1.29 is 18.7 Å². The van der Waals surface area contributed by atoms with Crippen molar-refractivity contribution in [3.05, 3.63) is 77.5 Å². The zero-order chi connectivity index (χ0) is 28.2. The number of hydrogen-bond acceptors (Lipinski definition) is 5. The molecule has 9 heteroatoms. The number of carbonyl (C=O) groups is 1. The molecule has 0 aliphatic carbocycles. The van der Waals surface area contributed by atoms with E-state index in [0.29, 0.717) is 43.4 Å². The first kappa shape index (κ1) is 28.4. The van der Waals surface area contributed by atoms with Crippen molar-refractivity contribution in [2.45, 2.75) is 52.8 Å². The summed E-state index contributed by atoms with van der Waals surface area (Å²) in [6.45, 7) is 12.6. The van der Waals surface area contributed by atoms with Gasteiger partial charge >= 0.3 is 0 Å². The van der Waals surface area contributed by atoms with Crippen molar-refractivity contribution >= 4 is 24.9 Å². The van der Waals surface area contributed by atoms with Crippen LogP contribution in [-0.2, 0) is 18.0 Å². The lowest BCUT2D eigenvalue weighted by atomic mass is 10.0. The van der Waals surface area contributed by atoms with Gasteiger partial charge in [-0.05, 0) is 55.8 Å². The SMILES string of the molecule is CCOc1cc(C(=O)N(C)Cc2cnc(C)c3cnn(COCC[Si](C)(C)C)c23)ccc1-c1cccc(F)c1. The standard InChI is InChI=1S/C30H37FN4O3Si/c1-7-38-28-16-23(11-12-26(28)22-9-8-10-25(31)15-22)30(36)34(3)19-24-17-32-21(2)27-18-33-35(29(24)27)20-37-13-14-39(4,5)6/h8-12,15-18H,7,13-14,19-20H2,1-6H3. The molecule has 0 saturated heterocycles. The van der Waals surface area contributed by atoms with Crippen LogP contribution >= 0.6 is 0 Å². The van der Waals surface area contributed by atoms with Crippen molar-refractivity contribution in [2.24, 2.45) is 0 Å². The fourth-order valence-corrected chi connectivity index (χ4v) is 5.17. The van der Waals surface area contributed by atoms with Crippen LogP contribution in [0.15, 0.2) is 54.9 Å². The lowest BCUT2D eigenvalue weighted by Gasteiger charge is -2.20. The van der Waals surface area contributed by atoms with Crippen LogP contribution in [0.25, 0.3) is 22.0 Å². The first-order valence-corrected chi connectivity index (χ1v) is 16.9. The number of carbonyl (C=O) groups excluding carboxylic acids is 1. The van der Waals surface area contributed by atoms with E-state index in [-0.39, 0.29) is 11.7 Å². The number of halogens is 1. The third-order valence-corrected chi connectivity index (χ3v) is 8.28. The number of benzene rings is 2. The van der Waals surface area contributed by atoms with Crippen LogP contribution in [0.1, 0.15) is 28.5 Å². The maximum Gasteiger partial charge on any atom is 0.254 e. The first-order valence-electron chi connectivity index (χ1n) is 13.2. The van der Waals surface area contributed by atoms with E-state index in [2.05, 4.69) is 29.7 Å². The summed E-state index contributed by atoms with van der Waals surface area (Å²) >= 11 is 0. The Hall–Kier alpha value is -3.56. The minimum atomic E-state index is -1.19. The highest BCUT2D eigenvalue weighted by Gasteiger charge is 2.19. The summed E-state index contributed by atoms with van der Waals surface area (Å²) < 4.78 is 27.5. The molecular weight excluding hydrogens is 511 g/mol. The first-order chi connectivity index (χ1) is 18.6. The van der Waals surface area contributed by atoms with E-state index >= 15 is 0 Å². The average molecular weight is 549 g/mol. The summed E-state index contributed by atoms with van der Waals surface area (Å²) in [5, 5.41) is 5.50. The molecule has 0 bridgehead atoms. The Labute approximate surface area is 230 Å². The van der Waals surface area contributed by atoms with Gasteiger partial charge in [-0.1, -0.05) is 31.8 Å². The van der Waals surface area contributed by atoms with Crippen molar-refractivity contribution in [2.75, 3.05) is 20.3 Å². The molecule has 0 fully saturated rings. The predicted molar refractivity (Wildman–Crippen MR) is 155 cm³/mol. The lowest BCUT2D eigenvalue weighted by molar-refractivity contribution is 0.0781. The molecule has 4 aromatic rings. The summed E-state index contributed by atoms with van der Waals surface area (Å²) in [7, 11) is 0.575. The van der Waals surface area contributed by atoms with Gasteiger partial charge < -0.3 is 14.4 Å². The summed E-state index contributed by atoms with van der Waals surface area (Å²) in [4.78, 5) is 19.7. The Balaban J connectivity index is 1.56. The number of aromatic nitrogens is 3. The highest BCUT2D eigenvalue weighted by molar-refractivity contribution is 6.76. The molecule has 7 nitrogen and oxygen atoms in total. The highest BCUT2D eigenvalue weighted by atomic mass is 28.3. The van der Waals surface area contributed by atoms with Crippen LogP contribution < -0.4 is 4.74 Å². The normalized spacial score (nSPS) is 11.7. The third-order valence-electron chi connectivity index (χ3n) is 6.58. The molecule has 0 unspecified atom stereocenters. The van der Waals surface area contributed by atoms with Crippen molar-refractivity contribution in [1.82, 2.24) is 19.7 Å². The Morgan fingerprint density at radius 2 is 1.92 bits per heavy atom. The molecular formula is C30H37FN4O3Si. The quantitative estimate of drug-likeness (QED) is 0.157. The largest absolute Gasteiger partial charge is 0.493 e. The van der Waals surface area contributed by atoms with Crippen LogP contribution in [0.3, 0.4) is 0 Å². The Kier molecular flexibility index (Phi) is 8.82. The van der Waals surface area contributed by atoms with Crippen LogP contribution in [0.2, 0.25) is 25.7 Å². The van der Waals surface area contributed by atoms with Crippen LogP contribution in [0.4, 0.5) is 4.39 Å². The molecule has 0 saturated carbocycles. The second-order valence-electron chi connectivity index (χ2n) is 10.9. The molecule has 206 valence electrons. The van der Waals surface area contributed by atoms with E-state index in [4.69, 9.17) is 9.47 Å². The average Bonchev–Trinajstić information content (AvgIpc) is 3.32. The third kappa shape index (κ3) is 6.91. The number of nitrogens with zero attached hydrogens (tertiary/aromatic N) is 4. The van der Waals surface area contributed by atoms with Crippen molar-refractivity contribution in [1.29, 1.82) is 0 Å². The molecule has 0 aliphatic rings. The second-order valence-corrected chi connectivity index (χ2v) is 16.6. The molecule has 0 N–H and O–H groups in total. The number of amides is 1. The van der Waals surface area contributed by atoms with E-state index in [1.54, 1.807) is 42.4 Å². The second kappa shape index (κ2) is 12.1. The number of rotatable bonds is 11. The molecule has 2 heterocycles. The van der Waals surface area contributed by atoms with E-state index < -0.39 is 8.07 Å². The number of fused-ring (bicyclic) bond motifs is 1. The lowest BCUT2D eigenvalue weighted by Crippen LogP contribution is -2.27. The molecule has 0 spiro atoms. The zero-order valence-corrected chi connectivity index (χ0v) is 24.6. The van der Waals surface area contributed by atoms with Gasteiger partial charge in [-0.2, -0.15) is 5.10 Å². The molecule has 2 aromatic carbocycles. The fourth-order valence-electron chi connectivity index (χ4n) is 4.41. The summed E-state index contributed by atoms with van der Waals surface area (Å²) in [5.41, 5.74) is 4.61. The van der Waals surface area contributed by atoms with Crippen molar-refractivity contribution in [3.63, 3.8) is 0 Å². The van der Waals surface area contributed by atoms with Gasteiger partial charge in [0.05, 0.1) is 18.3 Å². The van der Waals surface area contributed by atoms with Gasteiger partial charge in [-0.25, -0.2) is 9.07 Å². The number of ether oxygens (including phenoxy) is 2. The predicted octanol–water partition coefficient (Wildman–Crippen LogP) is 6.53. The van der Waals surface area contributed by atoms with Crippen LogP contribution in [0, 0.1) is 12.7 Å². The van der Waals surface area contributed by atoms with Crippen LogP contribution in [0.5, 0.6) is 5.75 Å². The van der Waals surface area contributed by atoms with E-state index in [1.807, 2.05) is 30.8 Å². The molecule has 39 heavy (non-hydrogen) atoms. The van der Waals surface area contributed by atoms with E-state index in [0.717, 1.165) is 33.8 Å². The van der Waals surface area contributed by atoms with Gasteiger partial charge in [-0.3, -0.25) is 9.78 Å². The zero-order valence-electron chi connectivity index (χ0n) is 23.6. The maximum atomic E-state index is 13.8. The smallest absolute Gasteiger partial charge is 0.254 e. The highest BCUT2D eigenvalue weighted by Crippen LogP contribution is 2.32. The van der Waals surface area contributed by atoms with Gasteiger partial charge in [0.2, 0.25) is 0 Å². The maximum absolute atomic E-state index is 13.8. The van der Waals surface area contributed by atoms with Gasteiger partial charge in [0.1, 0.15) is 18.3 Å². The monoisotopic (exact) mass is 548 g/mol. The minimum absolute atomic E-state index is 0.159. The molecule has 0 aliphatic heterocycles. The van der Waals surface area contributed by atoms with Gasteiger partial charge in [-0.15, -0.1) is 0 Å². The Morgan fingerprint density at radius 3 is 2.64 bits per heavy atom. The molecule has 2 aromatic heterocycles. The van der Waals surface area contributed by atoms with Gasteiger partial charge in [0.25, 0.3) is 5.91 Å².